The number of nitrogens with one attached hydrogen (secondary N) is 2. The first kappa shape index (κ1) is 35.2. The van der Waals surface area contributed by atoms with Gasteiger partial charge in [0.2, 0.25) is 17.8 Å². The van der Waals surface area contributed by atoms with Crippen LogP contribution in [-0.4, -0.2) is 87.3 Å². The van der Waals surface area contributed by atoms with Crippen molar-refractivity contribution in [3.63, 3.8) is 0 Å². The quantitative estimate of drug-likeness (QED) is 0.199. The van der Waals surface area contributed by atoms with Crippen LogP contribution < -0.4 is 15.5 Å². The molecule has 12 heteroatoms. The van der Waals surface area contributed by atoms with Gasteiger partial charge in [0.15, 0.2) is 0 Å². The van der Waals surface area contributed by atoms with Crippen molar-refractivity contribution in [1.29, 1.82) is 0 Å². The highest BCUT2D eigenvalue weighted by molar-refractivity contribution is 6.01. The molecule has 2 N–H and O–H groups in total. The van der Waals surface area contributed by atoms with Gasteiger partial charge in [-0.25, -0.2) is 9.97 Å². The molecule has 0 spiro atoms. The lowest BCUT2D eigenvalue weighted by Crippen LogP contribution is -2.42. The summed E-state index contributed by atoms with van der Waals surface area (Å²) in [4.78, 5) is 57.8. The molecule has 4 aliphatic rings. The molecule has 1 saturated carbocycles. The molecule has 1 aliphatic carbocycles. The van der Waals surface area contributed by atoms with E-state index in [1.165, 1.54) is 36.9 Å². The number of carbonyl (C=O) groups excluding carboxylic acids is 3. The summed E-state index contributed by atoms with van der Waals surface area (Å²) in [5.41, 5.74) is 4.87. The standard InChI is InChI=1S/C41H51N9O3/c1-47(2)40(53)35-22-31-24-43-41(46-38(31)50(35)33-7-3-4-8-33)44-36-15-9-27(23-42-36)25-48-19-5-6-30(26-48)28-17-20-49(21-18-28)32-12-10-29(11-13-32)34-14-16-37(51)45-39(34)52/h9-13,15,22-24,28,30,33-34H,3-8,14,16-21,25-26H2,1-2H3,(H,45,51,52)(H,42,43,44,46). The third-order valence-electron chi connectivity index (χ3n) is 12.0. The van der Waals surface area contributed by atoms with Gasteiger partial charge in [-0.05, 0) is 98.7 Å². The molecule has 3 aromatic heterocycles. The van der Waals surface area contributed by atoms with Crippen molar-refractivity contribution < 1.29 is 14.4 Å². The summed E-state index contributed by atoms with van der Waals surface area (Å²) in [5, 5.41) is 6.66. The van der Waals surface area contributed by atoms with Crippen molar-refractivity contribution in [2.45, 2.75) is 82.7 Å². The van der Waals surface area contributed by atoms with E-state index in [0.29, 0.717) is 36.2 Å². The number of fused-ring (bicyclic) bond motifs is 1. The molecule has 53 heavy (non-hydrogen) atoms. The summed E-state index contributed by atoms with van der Waals surface area (Å²) >= 11 is 0. The van der Waals surface area contributed by atoms with Crippen LogP contribution in [0, 0.1) is 11.8 Å². The number of benzene rings is 1. The van der Waals surface area contributed by atoms with E-state index in [1.807, 2.05) is 18.3 Å². The summed E-state index contributed by atoms with van der Waals surface area (Å²) in [6.07, 6.45) is 14.1. The molecule has 3 amide bonds. The predicted octanol–water partition coefficient (Wildman–Crippen LogP) is 6.04. The summed E-state index contributed by atoms with van der Waals surface area (Å²) in [6.45, 7) is 5.23. The Hall–Kier alpha value is -4.84. The van der Waals surface area contributed by atoms with Gasteiger partial charge >= 0.3 is 0 Å². The maximum atomic E-state index is 13.1. The Morgan fingerprint density at radius 2 is 1.68 bits per heavy atom. The van der Waals surface area contributed by atoms with Crippen LogP contribution in [0.3, 0.4) is 0 Å². The smallest absolute Gasteiger partial charge is 0.270 e. The minimum Gasteiger partial charge on any atom is -0.372 e. The van der Waals surface area contributed by atoms with E-state index in [2.05, 4.69) is 60.3 Å². The molecule has 0 bridgehead atoms. The Morgan fingerprint density at radius 1 is 0.887 bits per heavy atom. The van der Waals surface area contributed by atoms with E-state index >= 15 is 0 Å². The zero-order chi connectivity index (χ0) is 36.5. The molecule has 278 valence electrons. The van der Waals surface area contributed by atoms with E-state index < -0.39 is 0 Å². The molecule has 6 heterocycles. The number of amides is 3. The topological polar surface area (TPSA) is 129 Å². The van der Waals surface area contributed by atoms with Crippen LogP contribution in [0.25, 0.3) is 11.0 Å². The summed E-state index contributed by atoms with van der Waals surface area (Å²) < 4.78 is 2.13. The Labute approximate surface area is 311 Å². The third-order valence-corrected chi connectivity index (χ3v) is 12.0. The van der Waals surface area contributed by atoms with Gasteiger partial charge < -0.3 is 19.7 Å². The monoisotopic (exact) mass is 717 g/mol. The molecule has 8 rings (SSSR count). The maximum absolute atomic E-state index is 13.1. The number of imide groups is 1. The Bertz CT molecular complexity index is 1940. The first-order chi connectivity index (χ1) is 25.8. The van der Waals surface area contributed by atoms with Crippen molar-refractivity contribution in [1.82, 2.24) is 34.6 Å². The highest BCUT2D eigenvalue weighted by Gasteiger charge is 2.32. The van der Waals surface area contributed by atoms with Gasteiger partial charge in [0, 0.05) is 76.2 Å². The van der Waals surface area contributed by atoms with Gasteiger partial charge in [-0.15, -0.1) is 0 Å². The summed E-state index contributed by atoms with van der Waals surface area (Å²) in [6, 6.07) is 14.8. The summed E-state index contributed by atoms with van der Waals surface area (Å²) in [5.74, 6) is 2.01. The van der Waals surface area contributed by atoms with Crippen LogP contribution in [0.1, 0.15) is 97.8 Å². The number of nitrogens with zero attached hydrogens (tertiary/aromatic N) is 7. The molecule has 2 atom stereocenters. The largest absolute Gasteiger partial charge is 0.372 e. The normalized spacial score (nSPS) is 22.0. The molecular formula is C41H51N9O3. The fourth-order valence-electron chi connectivity index (χ4n) is 9.14. The number of pyridine rings is 1. The number of rotatable bonds is 9. The fourth-order valence-corrected chi connectivity index (χ4v) is 9.14. The average molecular weight is 718 g/mol. The maximum Gasteiger partial charge on any atom is 0.270 e. The number of carbonyl (C=O) groups is 3. The zero-order valence-electron chi connectivity index (χ0n) is 31.0. The first-order valence-corrected chi connectivity index (χ1v) is 19.5. The minimum absolute atomic E-state index is 0.0141. The van der Waals surface area contributed by atoms with Crippen LogP contribution in [0.15, 0.2) is 54.9 Å². The van der Waals surface area contributed by atoms with Gasteiger partial charge in [0.05, 0.1) is 5.92 Å². The number of piperidine rings is 3. The van der Waals surface area contributed by atoms with Crippen LogP contribution in [0.5, 0.6) is 0 Å². The molecule has 4 fully saturated rings. The second kappa shape index (κ2) is 15.3. The van der Waals surface area contributed by atoms with E-state index in [-0.39, 0.29) is 29.7 Å². The van der Waals surface area contributed by atoms with Crippen LogP contribution in [0.2, 0.25) is 0 Å². The Morgan fingerprint density at radius 3 is 2.40 bits per heavy atom. The summed E-state index contributed by atoms with van der Waals surface area (Å²) in [7, 11) is 3.58. The Kier molecular flexibility index (Phi) is 10.1. The van der Waals surface area contributed by atoms with Gasteiger partial charge in [-0.1, -0.05) is 31.0 Å². The van der Waals surface area contributed by atoms with Crippen LogP contribution >= 0.6 is 0 Å². The van der Waals surface area contributed by atoms with E-state index in [9.17, 15) is 14.4 Å². The third kappa shape index (κ3) is 7.65. The van der Waals surface area contributed by atoms with Crippen molar-refractivity contribution in [2.75, 3.05) is 50.5 Å². The molecule has 2 unspecified atom stereocenters. The number of hydrogen-bond acceptors (Lipinski definition) is 9. The van der Waals surface area contributed by atoms with Crippen molar-refractivity contribution in [3.8, 4) is 0 Å². The second-order valence-corrected chi connectivity index (χ2v) is 15.7. The number of likely N-dealkylation sites (tertiary alicyclic amines) is 1. The van der Waals surface area contributed by atoms with Gasteiger partial charge in [0.25, 0.3) is 5.91 Å². The SMILES string of the molecule is CN(C)C(=O)c1cc2cnc(Nc3ccc(CN4CCCC(C5CCN(c6ccc(C7CCC(=O)NC7=O)cc6)CC5)C4)cn3)nc2n1C1CCCC1. The second-order valence-electron chi connectivity index (χ2n) is 15.7. The molecule has 3 saturated heterocycles. The molecule has 1 aromatic carbocycles. The van der Waals surface area contributed by atoms with Crippen LogP contribution in [-0.2, 0) is 16.1 Å². The fraction of sp³-hybridized carbons (Fsp3) is 0.512. The number of aromatic nitrogens is 4. The minimum atomic E-state index is -0.237. The number of anilines is 3. The van der Waals surface area contributed by atoms with Gasteiger partial charge in [-0.3, -0.25) is 24.6 Å². The van der Waals surface area contributed by atoms with Crippen molar-refractivity contribution in [2.24, 2.45) is 11.8 Å². The molecule has 0 radical (unpaired) electrons. The van der Waals surface area contributed by atoms with Gasteiger partial charge in [-0.2, -0.15) is 4.98 Å². The molecular weight excluding hydrogens is 667 g/mol. The number of hydrogen-bond donors (Lipinski definition) is 2. The molecule has 3 aliphatic heterocycles. The van der Waals surface area contributed by atoms with E-state index in [1.54, 1.807) is 25.2 Å². The predicted molar refractivity (Wildman–Crippen MR) is 205 cm³/mol. The zero-order valence-corrected chi connectivity index (χ0v) is 31.0. The molecule has 4 aromatic rings. The highest BCUT2D eigenvalue weighted by Crippen LogP contribution is 2.36. The highest BCUT2D eigenvalue weighted by atomic mass is 16.2. The van der Waals surface area contributed by atoms with Gasteiger partial charge in [0.1, 0.15) is 17.2 Å². The lowest BCUT2D eigenvalue weighted by atomic mass is 9.79. The van der Waals surface area contributed by atoms with E-state index in [0.717, 1.165) is 80.9 Å². The van der Waals surface area contributed by atoms with Crippen molar-refractivity contribution >= 4 is 46.2 Å². The lowest BCUT2D eigenvalue weighted by molar-refractivity contribution is -0.134. The van der Waals surface area contributed by atoms with E-state index in [4.69, 9.17) is 9.97 Å². The van der Waals surface area contributed by atoms with Crippen LogP contribution in [0.4, 0.5) is 17.5 Å². The molecule has 12 nitrogen and oxygen atoms in total. The Balaban J connectivity index is 0.848. The first-order valence-electron chi connectivity index (χ1n) is 19.5. The lowest BCUT2D eigenvalue weighted by Gasteiger charge is -2.41. The average Bonchev–Trinajstić information content (AvgIpc) is 3.84. The van der Waals surface area contributed by atoms with Crippen molar-refractivity contribution in [3.05, 3.63) is 71.7 Å².